The Labute approximate surface area is 266 Å². The van der Waals surface area contributed by atoms with Crippen LogP contribution in [0.3, 0.4) is 0 Å². The average Bonchev–Trinajstić information content (AvgIpc) is 3.74. The largest absolute Gasteiger partial charge is 0.393 e. The van der Waals surface area contributed by atoms with Crippen molar-refractivity contribution in [2.45, 2.75) is 57.9 Å². The molecule has 1 aliphatic heterocycles. The zero-order valence-electron chi connectivity index (χ0n) is 25.1. The Morgan fingerprint density at radius 1 is 1.22 bits per heavy atom. The minimum atomic E-state index is -4.27. The molecule has 3 N–H and O–H groups in total. The van der Waals surface area contributed by atoms with Crippen molar-refractivity contribution in [2.75, 3.05) is 23.7 Å². The van der Waals surface area contributed by atoms with Gasteiger partial charge in [-0.3, -0.25) is 14.8 Å². The summed E-state index contributed by atoms with van der Waals surface area (Å²) in [6, 6.07) is 11.9. The minimum Gasteiger partial charge on any atom is -0.367 e. The van der Waals surface area contributed by atoms with Crippen molar-refractivity contribution in [3.8, 4) is 6.07 Å². The zero-order chi connectivity index (χ0) is 32.4. The topological polar surface area (TPSA) is 128 Å². The lowest BCUT2D eigenvalue weighted by Crippen LogP contribution is -2.39. The third-order valence-electron chi connectivity index (χ3n) is 8.33. The van der Waals surface area contributed by atoms with Gasteiger partial charge in [0.15, 0.2) is 5.82 Å². The molecule has 0 atom stereocenters. The number of alkyl halides is 3. The van der Waals surface area contributed by atoms with Gasteiger partial charge in [0.25, 0.3) is 0 Å². The van der Waals surface area contributed by atoms with E-state index in [1.807, 2.05) is 10.6 Å². The number of hydrogen-bond acceptors (Lipinski definition) is 8. The maximum absolute atomic E-state index is 12.9. The van der Waals surface area contributed by atoms with E-state index in [0.717, 1.165) is 66.0 Å². The Kier molecular flexibility index (Phi) is 8.79. The zero-order valence-corrected chi connectivity index (χ0v) is 25.9. The van der Waals surface area contributed by atoms with Crippen LogP contribution in [0.1, 0.15) is 40.2 Å². The molecular weight excluding hydrogens is 615 g/mol. The Bertz CT molecular complexity index is 1940. The SMILES string of the molecule is C=CC(=O)Nc1cc(CCn2c(C#N)cc3c(C)c(CN4CCC(Nc5ncnc6sc(CC(F)(F)F)cc56)CC4)ccc32)[nH]n1. The lowest BCUT2D eigenvalue weighted by atomic mass is 10.0. The number of piperidine rings is 1. The van der Waals surface area contributed by atoms with Gasteiger partial charge in [-0.1, -0.05) is 12.6 Å². The number of nitrogens with one attached hydrogen (secondary N) is 3. The highest BCUT2D eigenvalue weighted by molar-refractivity contribution is 7.18. The van der Waals surface area contributed by atoms with Gasteiger partial charge in [-0.05, 0) is 55.2 Å². The van der Waals surface area contributed by atoms with E-state index < -0.39 is 12.6 Å². The van der Waals surface area contributed by atoms with E-state index in [-0.39, 0.29) is 16.8 Å². The van der Waals surface area contributed by atoms with Gasteiger partial charge in [-0.15, -0.1) is 11.3 Å². The maximum atomic E-state index is 12.9. The molecule has 10 nitrogen and oxygen atoms in total. The number of H-pyrrole nitrogens is 1. The number of nitrogens with zero attached hydrogens (tertiary/aromatic N) is 6. The summed E-state index contributed by atoms with van der Waals surface area (Å²) in [5.74, 6) is 0.671. The second-order valence-corrected chi connectivity index (χ2v) is 12.6. The van der Waals surface area contributed by atoms with E-state index >= 15 is 0 Å². The molecular formula is C32H32F3N9OS. The maximum Gasteiger partial charge on any atom is 0.393 e. The number of rotatable bonds is 10. The number of carbonyl (C=O) groups is 1. The highest BCUT2D eigenvalue weighted by Crippen LogP contribution is 2.33. The number of thiophene rings is 1. The first-order chi connectivity index (χ1) is 22.1. The predicted octanol–water partition coefficient (Wildman–Crippen LogP) is 6.10. The van der Waals surface area contributed by atoms with Crippen LogP contribution in [0.2, 0.25) is 0 Å². The molecule has 238 valence electrons. The fourth-order valence-corrected chi connectivity index (χ4v) is 6.99. The summed E-state index contributed by atoms with van der Waals surface area (Å²) >= 11 is 1.05. The number of aromatic nitrogens is 5. The molecule has 5 aromatic rings. The molecule has 1 saturated heterocycles. The van der Waals surface area contributed by atoms with Gasteiger partial charge in [0.1, 0.15) is 28.7 Å². The van der Waals surface area contributed by atoms with Crippen LogP contribution in [0, 0.1) is 18.3 Å². The van der Waals surface area contributed by atoms with E-state index in [2.05, 4.69) is 67.4 Å². The third-order valence-corrected chi connectivity index (χ3v) is 9.37. The molecule has 1 aromatic carbocycles. The summed E-state index contributed by atoms with van der Waals surface area (Å²) in [5.41, 5.74) is 4.74. The van der Waals surface area contributed by atoms with Crippen molar-refractivity contribution in [2.24, 2.45) is 0 Å². The number of likely N-dealkylation sites (tertiary alicyclic amines) is 1. The molecule has 14 heteroatoms. The number of aryl methyl sites for hydroxylation is 3. The molecule has 46 heavy (non-hydrogen) atoms. The van der Waals surface area contributed by atoms with E-state index in [4.69, 9.17) is 0 Å². The van der Waals surface area contributed by atoms with Crippen LogP contribution in [-0.2, 0) is 30.7 Å². The van der Waals surface area contributed by atoms with Gasteiger partial charge in [-0.2, -0.15) is 23.5 Å². The van der Waals surface area contributed by atoms with Crippen molar-refractivity contribution in [3.05, 3.63) is 76.7 Å². The Hall–Kier alpha value is -4.74. The predicted molar refractivity (Wildman–Crippen MR) is 172 cm³/mol. The number of carbonyl (C=O) groups excluding carboxylic acids is 1. The lowest BCUT2D eigenvalue weighted by molar-refractivity contribution is -0.126. The number of aromatic amines is 1. The molecule has 0 bridgehead atoms. The summed E-state index contributed by atoms with van der Waals surface area (Å²) in [5, 5.41) is 24.7. The number of fused-ring (bicyclic) bond motifs is 2. The fourth-order valence-electron chi connectivity index (χ4n) is 5.96. The smallest absolute Gasteiger partial charge is 0.367 e. The molecule has 0 saturated carbocycles. The van der Waals surface area contributed by atoms with E-state index in [1.54, 1.807) is 12.1 Å². The Morgan fingerprint density at radius 2 is 2.02 bits per heavy atom. The summed E-state index contributed by atoms with van der Waals surface area (Å²) in [6.07, 6.45) is -0.314. The molecule has 0 unspecified atom stereocenters. The first-order valence-corrected chi connectivity index (χ1v) is 15.7. The van der Waals surface area contributed by atoms with Crippen LogP contribution in [0.5, 0.6) is 0 Å². The second kappa shape index (κ2) is 12.9. The molecule has 0 aliphatic carbocycles. The van der Waals surface area contributed by atoms with Gasteiger partial charge < -0.3 is 15.2 Å². The number of benzene rings is 1. The normalized spacial score (nSPS) is 14.5. The van der Waals surface area contributed by atoms with Gasteiger partial charge in [-0.25, -0.2) is 9.97 Å². The van der Waals surface area contributed by atoms with Crippen molar-refractivity contribution in [1.82, 2.24) is 29.6 Å². The van der Waals surface area contributed by atoms with Crippen molar-refractivity contribution in [3.63, 3.8) is 0 Å². The second-order valence-electron chi connectivity index (χ2n) is 11.4. The summed E-state index contributed by atoms with van der Waals surface area (Å²) in [4.78, 5) is 23.2. The lowest BCUT2D eigenvalue weighted by Gasteiger charge is -2.33. The summed E-state index contributed by atoms with van der Waals surface area (Å²) in [7, 11) is 0. The molecule has 0 radical (unpaired) electrons. The molecule has 0 spiro atoms. The Morgan fingerprint density at radius 3 is 2.76 bits per heavy atom. The molecule has 1 aliphatic rings. The number of nitriles is 1. The van der Waals surface area contributed by atoms with Crippen LogP contribution < -0.4 is 10.6 Å². The molecule has 4 aromatic heterocycles. The third kappa shape index (κ3) is 6.90. The first-order valence-electron chi connectivity index (χ1n) is 14.9. The Balaban J connectivity index is 1.08. The first kappa shape index (κ1) is 31.3. The van der Waals surface area contributed by atoms with Gasteiger partial charge in [0, 0.05) is 66.2 Å². The monoisotopic (exact) mass is 647 g/mol. The molecule has 1 fully saturated rings. The standard InChI is InChI=1S/C32H32F3N9OS/c1-3-29(45)40-28-12-22(41-42-28)8-11-44-23(16-36)13-25-19(2)20(4-5-27(25)44)17-43-9-6-21(7-10-43)39-30-26-14-24(15-32(33,34)35)46-31(26)38-18-37-30/h3-5,12-14,18,21H,1,6-11,15,17H2,2H3,(H,37,38,39)(H2,40,41,42,45). The minimum absolute atomic E-state index is 0.153. The van der Waals surface area contributed by atoms with Crippen LogP contribution in [0.15, 0.2) is 49.3 Å². The average molecular weight is 648 g/mol. The number of anilines is 2. The summed E-state index contributed by atoms with van der Waals surface area (Å²) < 4.78 is 40.8. The van der Waals surface area contributed by atoms with E-state index in [1.165, 1.54) is 18.0 Å². The quantitative estimate of drug-likeness (QED) is 0.156. The van der Waals surface area contributed by atoms with E-state index in [9.17, 15) is 23.2 Å². The molecule has 5 heterocycles. The van der Waals surface area contributed by atoms with Crippen molar-refractivity contribution in [1.29, 1.82) is 5.26 Å². The fraction of sp³-hybridized carbons (Fsp3) is 0.344. The summed E-state index contributed by atoms with van der Waals surface area (Å²) in [6.45, 7) is 8.59. The van der Waals surface area contributed by atoms with Crippen molar-refractivity contribution < 1.29 is 18.0 Å². The highest BCUT2D eigenvalue weighted by atomic mass is 32.1. The van der Waals surface area contributed by atoms with Gasteiger partial charge in [0.2, 0.25) is 5.91 Å². The highest BCUT2D eigenvalue weighted by Gasteiger charge is 2.29. The van der Waals surface area contributed by atoms with Crippen LogP contribution in [0.4, 0.5) is 24.8 Å². The van der Waals surface area contributed by atoms with Crippen LogP contribution in [0.25, 0.3) is 21.1 Å². The van der Waals surface area contributed by atoms with Crippen LogP contribution in [-0.4, -0.2) is 60.8 Å². The molecule has 6 rings (SSSR count). The van der Waals surface area contributed by atoms with Gasteiger partial charge in [0.05, 0.1) is 11.8 Å². The van der Waals surface area contributed by atoms with Gasteiger partial charge >= 0.3 is 6.18 Å². The number of hydrogen-bond donors (Lipinski definition) is 3. The number of amides is 1. The van der Waals surface area contributed by atoms with Crippen molar-refractivity contribution >= 4 is 50.0 Å². The number of halogens is 3. The van der Waals surface area contributed by atoms with Crippen LogP contribution >= 0.6 is 11.3 Å². The van der Waals surface area contributed by atoms with E-state index in [0.29, 0.717) is 40.5 Å². The molecule has 1 amide bonds.